The number of ether oxygens (including phenoxy) is 1. The lowest BCUT2D eigenvalue weighted by Crippen LogP contribution is -2.00. The fourth-order valence-electron chi connectivity index (χ4n) is 1.88. The van der Waals surface area contributed by atoms with Crippen molar-refractivity contribution >= 4 is 39.5 Å². The van der Waals surface area contributed by atoms with Crippen molar-refractivity contribution in [1.82, 2.24) is 9.38 Å². The molecule has 0 aliphatic heterocycles. The Morgan fingerprint density at radius 2 is 2.20 bits per heavy atom. The number of aliphatic hydroxyl groups is 1. The van der Waals surface area contributed by atoms with Gasteiger partial charge in [-0.2, -0.15) is 0 Å². The highest BCUT2D eigenvalue weighted by Crippen LogP contribution is 2.33. The first kappa shape index (κ1) is 13.7. The van der Waals surface area contributed by atoms with Crippen molar-refractivity contribution in [2.45, 2.75) is 13.2 Å². The minimum absolute atomic E-state index is 0.187. The number of hydrogen-bond acceptors (Lipinski definition) is 4. The van der Waals surface area contributed by atoms with Crippen LogP contribution in [0.3, 0.4) is 0 Å². The van der Waals surface area contributed by atoms with Crippen LogP contribution in [0.5, 0.6) is 5.75 Å². The van der Waals surface area contributed by atoms with Gasteiger partial charge in [-0.3, -0.25) is 4.40 Å². The number of aromatic nitrogens is 2. The van der Waals surface area contributed by atoms with Crippen molar-refractivity contribution in [2.75, 3.05) is 0 Å². The minimum atomic E-state index is -0.187. The van der Waals surface area contributed by atoms with Gasteiger partial charge < -0.3 is 9.84 Å². The predicted molar refractivity (Wildman–Crippen MR) is 79.8 cm³/mol. The molecule has 0 aliphatic carbocycles. The first-order chi connectivity index (χ1) is 9.67. The number of halogens is 2. The van der Waals surface area contributed by atoms with E-state index in [9.17, 15) is 5.11 Å². The maximum Gasteiger partial charge on any atom is 0.193 e. The predicted octanol–water partition coefficient (Wildman–Crippen LogP) is 3.77. The molecule has 0 fully saturated rings. The molecule has 0 amide bonds. The van der Waals surface area contributed by atoms with E-state index in [-0.39, 0.29) is 13.2 Å². The topological polar surface area (TPSA) is 46.8 Å². The van der Waals surface area contributed by atoms with Gasteiger partial charge in [-0.25, -0.2) is 4.98 Å². The zero-order valence-electron chi connectivity index (χ0n) is 10.2. The van der Waals surface area contributed by atoms with Crippen LogP contribution in [0.1, 0.15) is 11.3 Å². The first-order valence-corrected chi connectivity index (χ1v) is 7.43. The average Bonchev–Trinajstić information content (AvgIpc) is 2.97. The molecule has 20 heavy (non-hydrogen) atoms. The smallest absolute Gasteiger partial charge is 0.193 e. The van der Waals surface area contributed by atoms with Gasteiger partial charge in [0.05, 0.1) is 17.3 Å². The van der Waals surface area contributed by atoms with Gasteiger partial charge >= 0.3 is 0 Å². The lowest BCUT2D eigenvalue weighted by atomic mass is 10.2. The molecule has 0 atom stereocenters. The van der Waals surface area contributed by atoms with Gasteiger partial charge in [0.15, 0.2) is 4.96 Å². The van der Waals surface area contributed by atoms with Crippen molar-refractivity contribution in [3.05, 3.63) is 51.2 Å². The normalized spacial score (nSPS) is 11.2. The standard InChI is InChI=1S/C13H10Cl2N2O2S/c14-9-3-8(6-18)12(11(15)4-9)19-7-10-5-17-1-2-20-13(17)16-10/h1-5,18H,6-7H2. The van der Waals surface area contributed by atoms with Gasteiger partial charge in [-0.05, 0) is 12.1 Å². The van der Waals surface area contributed by atoms with Gasteiger partial charge in [-0.1, -0.05) is 23.2 Å². The van der Waals surface area contributed by atoms with E-state index in [1.54, 1.807) is 23.5 Å². The quantitative estimate of drug-likeness (QED) is 0.792. The number of fused-ring (bicyclic) bond motifs is 1. The Balaban J connectivity index is 1.82. The molecule has 1 aromatic carbocycles. The summed E-state index contributed by atoms with van der Waals surface area (Å²) >= 11 is 13.5. The van der Waals surface area contributed by atoms with Crippen molar-refractivity contribution in [2.24, 2.45) is 0 Å². The molecule has 2 heterocycles. The van der Waals surface area contributed by atoms with Crippen molar-refractivity contribution < 1.29 is 9.84 Å². The van der Waals surface area contributed by atoms with E-state index in [1.807, 2.05) is 22.2 Å². The Morgan fingerprint density at radius 1 is 1.35 bits per heavy atom. The van der Waals surface area contributed by atoms with E-state index < -0.39 is 0 Å². The summed E-state index contributed by atoms with van der Waals surface area (Å²) in [7, 11) is 0. The van der Waals surface area contributed by atoms with Gasteiger partial charge in [0.25, 0.3) is 0 Å². The number of thiazole rings is 1. The zero-order valence-corrected chi connectivity index (χ0v) is 12.5. The monoisotopic (exact) mass is 328 g/mol. The fourth-order valence-corrected chi connectivity index (χ4v) is 3.19. The molecule has 0 spiro atoms. The SMILES string of the molecule is OCc1cc(Cl)cc(Cl)c1OCc1cn2ccsc2n1. The Bertz CT molecular complexity index is 725. The van der Waals surface area contributed by atoms with E-state index in [4.69, 9.17) is 27.9 Å². The Morgan fingerprint density at radius 3 is 2.95 bits per heavy atom. The molecule has 0 aliphatic rings. The maximum absolute atomic E-state index is 9.33. The molecular formula is C13H10Cl2N2O2S. The third-order valence-electron chi connectivity index (χ3n) is 2.76. The van der Waals surface area contributed by atoms with E-state index in [2.05, 4.69) is 4.98 Å². The molecule has 1 N–H and O–H groups in total. The highest BCUT2D eigenvalue weighted by atomic mass is 35.5. The van der Waals surface area contributed by atoms with Crippen molar-refractivity contribution in [3.8, 4) is 5.75 Å². The number of nitrogens with zero attached hydrogens (tertiary/aromatic N) is 2. The summed E-state index contributed by atoms with van der Waals surface area (Å²) in [5.74, 6) is 0.440. The third kappa shape index (κ3) is 2.62. The van der Waals surface area contributed by atoms with Crippen LogP contribution in [0.4, 0.5) is 0 Å². The van der Waals surface area contributed by atoms with Crippen LogP contribution in [0.25, 0.3) is 4.96 Å². The van der Waals surface area contributed by atoms with Crippen LogP contribution in [-0.4, -0.2) is 14.5 Å². The second kappa shape index (κ2) is 5.61. The largest absolute Gasteiger partial charge is 0.485 e. The molecular weight excluding hydrogens is 319 g/mol. The van der Waals surface area contributed by atoms with Crippen LogP contribution in [0.2, 0.25) is 10.0 Å². The van der Waals surface area contributed by atoms with Crippen LogP contribution in [-0.2, 0) is 13.2 Å². The fraction of sp³-hybridized carbons (Fsp3) is 0.154. The van der Waals surface area contributed by atoms with E-state index in [1.165, 1.54) is 0 Å². The number of rotatable bonds is 4. The van der Waals surface area contributed by atoms with E-state index >= 15 is 0 Å². The summed E-state index contributed by atoms with van der Waals surface area (Å²) in [6.45, 7) is 0.0939. The first-order valence-electron chi connectivity index (χ1n) is 5.80. The summed E-state index contributed by atoms with van der Waals surface area (Å²) in [5, 5.41) is 12.1. The van der Waals surface area contributed by atoms with E-state index in [0.717, 1.165) is 10.7 Å². The molecule has 2 aromatic heterocycles. The summed E-state index contributed by atoms with van der Waals surface area (Å²) in [5.41, 5.74) is 1.36. The third-order valence-corrected chi connectivity index (χ3v) is 4.03. The van der Waals surface area contributed by atoms with Crippen LogP contribution < -0.4 is 4.74 Å². The van der Waals surface area contributed by atoms with Gasteiger partial charge in [0.1, 0.15) is 12.4 Å². The summed E-state index contributed by atoms with van der Waals surface area (Å²) in [4.78, 5) is 5.33. The second-order valence-electron chi connectivity index (χ2n) is 4.15. The molecule has 4 nitrogen and oxygen atoms in total. The average molecular weight is 329 g/mol. The molecule has 0 saturated carbocycles. The number of benzene rings is 1. The molecule has 3 aromatic rings. The van der Waals surface area contributed by atoms with Crippen LogP contribution >= 0.6 is 34.5 Å². The Labute approximate surface area is 129 Å². The Hall–Kier alpha value is -1.27. The van der Waals surface area contributed by atoms with Gasteiger partial charge in [0, 0.05) is 28.4 Å². The van der Waals surface area contributed by atoms with Gasteiger partial charge in [0.2, 0.25) is 0 Å². The number of aliphatic hydroxyl groups excluding tert-OH is 1. The summed E-state index contributed by atoms with van der Waals surface area (Å²) in [6.07, 6.45) is 3.83. The van der Waals surface area contributed by atoms with Crippen molar-refractivity contribution in [3.63, 3.8) is 0 Å². The Kier molecular flexibility index (Phi) is 3.85. The highest BCUT2D eigenvalue weighted by molar-refractivity contribution is 7.15. The molecule has 104 valence electrons. The lowest BCUT2D eigenvalue weighted by Gasteiger charge is -2.11. The minimum Gasteiger partial charge on any atom is -0.485 e. The van der Waals surface area contributed by atoms with Crippen molar-refractivity contribution in [1.29, 1.82) is 0 Å². The van der Waals surface area contributed by atoms with Crippen LogP contribution in [0.15, 0.2) is 29.9 Å². The van der Waals surface area contributed by atoms with E-state index in [0.29, 0.717) is 21.4 Å². The van der Waals surface area contributed by atoms with Gasteiger partial charge in [-0.15, -0.1) is 11.3 Å². The summed E-state index contributed by atoms with van der Waals surface area (Å²) in [6, 6.07) is 3.22. The molecule has 0 saturated heterocycles. The summed E-state index contributed by atoms with van der Waals surface area (Å²) < 4.78 is 7.61. The molecule has 7 heteroatoms. The lowest BCUT2D eigenvalue weighted by molar-refractivity contribution is 0.258. The number of hydrogen-bond donors (Lipinski definition) is 1. The highest BCUT2D eigenvalue weighted by Gasteiger charge is 2.11. The second-order valence-corrected chi connectivity index (χ2v) is 5.86. The molecule has 0 unspecified atom stereocenters. The molecule has 0 radical (unpaired) electrons. The molecule has 3 rings (SSSR count). The zero-order chi connectivity index (χ0) is 14.1. The number of imidazole rings is 1. The maximum atomic E-state index is 9.33. The van der Waals surface area contributed by atoms with Crippen LogP contribution in [0, 0.1) is 0 Å². The molecule has 0 bridgehead atoms.